The molecule has 3 heterocycles. The summed E-state index contributed by atoms with van der Waals surface area (Å²) in [5, 5.41) is 0. The SMILES string of the molecule is Cc1ccccc1CN(Cc1cccnc1)C(=O)CN1C(=O)c2ccccc2N2C(=O)CCC12C. The molecule has 1 fully saturated rings. The first-order chi connectivity index (χ1) is 16.9. The van der Waals surface area contributed by atoms with E-state index in [9.17, 15) is 14.4 Å². The summed E-state index contributed by atoms with van der Waals surface area (Å²) < 4.78 is 0. The zero-order valence-corrected chi connectivity index (χ0v) is 20.0. The van der Waals surface area contributed by atoms with E-state index in [-0.39, 0.29) is 24.3 Å². The summed E-state index contributed by atoms with van der Waals surface area (Å²) in [6.45, 7) is 4.58. The van der Waals surface area contributed by atoms with Crippen molar-refractivity contribution in [3.63, 3.8) is 0 Å². The minimum atomic E-state index is -0.874. The van der Waals surface area contributed by atoms with Crippen molar-refractivity contribution >= 4 is 23.4 Å². The molecule has 2 aliphatic heterocycles. The van der Waals surface area contributed by atoms with Gasteiger partial charge in [0.15, 0.2) is 0 Å². The number of carbonyl (C=O) groups excluding carboxylic acids is 3. The van der Waals surface area contributed by atoms with Crippen LogP contribution >= 0.6 is 0 Å². The minimum Gasteiger partial charge on any atom is -0.332 e. The summed E-state index contributed by atoms with van der Waals surface area (Å²) in [4.78, 5) is 49.5. The normalized spacial score (nSPS) is 18.9. The molecule has 1 unspecified atom stereocenters. The number of aromatic nitrogens is 1. The highest BCUT2D eigenvalue weighted by molar-refractivity contribution is 6.11. The monoisotopic (exact) mass is 468 g/mol. The van der Waals surface area contributed by atoms with E-state index in [4.69, 9.17) is 0 Å². The second-order valence-corrected chi connectivity index (χ2v) is 9.39. The highest BCUT2D eigenvalue weighted by Gasteiger charge is 2.53. The van der Waals surface area contributed by atoms with Crippen LogP contribution in [0.2, 0.25) is 0 Å². The summed E-state index contributed by atoms with van der Waals surface area (Å²) in [6, 6.07) is 18.9. The molecule has 3 amide bonds. The van der Waals surface area contributed by atoms with Crippen molar-refractivity contribution in [1.82, 2.24) is 14.8 Å². The zero-order chi connectivity index (χ0) is 24.6. The lowest BCUT2D eigenvalue weighted by molar-refractivity contribution is -0.134. The molecule has 1 aromatic heterocycles. The Morgan fingerprint density at radius 1 is 1.03 bits per heavy atom. The van der Waals surface area contributed by atoms with E-state index >= 15 is 0 Å². The standard InChI is InChI=1S/C28H28N4O3/c1-20-8-3-4-10-22(20)18-30(17-21-9-7-15-29-16-21)26(34)19-31-27(35)23-11-5-6-12-24(23)32-25(33)13-14-28(31,32)2/h3-12,15-16H,13-14,17-19H2,1-2H3. The number of amides is 3. The number of anilines is 1. The number of benzene rings is 2. The summed E-state index contributed by atoms with van der Waals surface area (Å²) >= 11 is 0. The number of rotatable bonds is 6. The highest BCUT2D eigenvalue weighted by atomic mass is 16.2. The minimum absolute atomic E-state index is 0.0305. The molecule has 178 valence electrons. The predicted molar refractivity (Wildman–Crippen MR) is 132 cm³/mol. The third-order valence-electron chi connectivity index (χ3n) is 7.11. The molecule has 0 N–H and O–H groups in total. The fourth-order valence-electron chi connectivity index (χ4n) is 5.11. The van der Waals surface area contributed by atoms with Crippen molar-refractivity contribution in [3.05, 3.63) is 95.3 Å². The van der Waals surface area contributed by atoms with Crippen LogP contribution < -0.4 is 4.90 Å². The Morgan fingerprint density at radius 2 is 1.80 bits per heavy atom. The van der Waals surface area contributed by atoms with E-state index in [0.717, 1.165) is 16.7 Å². The molecular formula is C28H28N4O3. The molecule has 5 rings (SSSR count). The molecule has 0 radical (unpaired) electrons. The molecule has 0 aliphatic carbocycles. The molecule has 7 nitrogen and oxygen atoms in total. The first kappa shape index (κ1) is 22.8. The number of fused-ring (bicyclic) bond motifs is 3. The van der Waals surface area contributed by atoms with Crippen LogP contribution in [0.15, 0.2) is 73.1 Å². The number of para-hydroxylation sites is 1. The molecule has 1 saturated heterocycles. The van der Waals surface area contributed by atoms with E-state index in [1.54, 1.807) is 45.3 Å². The Hall–Kier alpha value is -4.00. The van der Waals surface area contributed by atoms with Crippen LogP contribution in [0.5, 0.6) is 0 Å². The van der Waals surface area contributed by atoms with Crippen LogP contribution in [-0.2, 0) is 22.7 Å². The maximum absolute atomic E-state index is 13.8. The summed E-state index contributed by atoms with van der Waals surface area (Å²) in [6.07, 6.45) is 4.28. The van der Waals surface area contributed by atoms with E-state index < -0.39 is 5.66 Å². The van der Waals surface area contributed by atoms with Gasteiger partial charge in [0, 0.05) is 31.9 Å². The number of pyridine rings is 1. The molecule has 2 aliphatic rings. The van der Waals surface area contributed by atoms with Crippen molar-refractivity contribution in [3.8, 4) is 0 Å². The third kappa shape index (κ3) is 4.07. The van der Waals surface area contributed by atoms with Gasteiger partial charge in [-0.15, -0.1) is 0 Å². The van der Waals surface area contributed by atoms with Crippen LogP contribution in [0.25, 0.3) is 0 Å². The fourth-order valence-corrected chi connectivity index (χ4v) is 5.11. The van der Waals surface area contributed by atoms with Gasteiger partial charge in [-0.05, 0) is 55.2 Å². The maximum Gasteiger partial charge on any atom is 0.258 e. The number of carbonyl (C=O) groups is 3. The highest BCUT2D eigenvalue weighted by Crippen LogP contribution is 2.43. The molecule has 0 spiro atoms. The lowest BCUT2D eigenvalue weighted by Gasteiger charge is -2.48. The molecule has 2 aromatic carbocycles. The van der Waals surface area contributed by atoms with Crippen LogP contribution in [0.3, 0.4) is 0 Å². The molecular weight excluding hydrogens is 440 g/mol. The number of hydrogen-bond acceptors (Lipinski definition) is 4. The van der Waals surface area contributed by atoms with Crippen molar-refractivity contribution in [2.75, 3.05) is 11.4 Å². The van der Waals surface area contributed by atoms with Gasteiger partial charge in [-0.2, -0.15) is 0 Å². The van der Waals surface area contributed by atoms with Gasteiger partial charge in [0.1, 0.15) is 12.2 Å². The first-order valence-corrected chi connectivity index (χ1v) is 11.8. The van der Waals surface area contributed by atoms with Gasteiger partial charge in [-0.25, -0.2) is 0 Å². The Bertz CT molecular complexity index is 1290. The molecule has 1 atom stereocenters. The van der Waals surface area contributed by atoms with Gasteiger partial charge in [0.2, 0.25) is 11.8 Å². The average molecular weight is 469 g/mol. The molecule has 7 heteroatoms. The van der Waals surface area contributed by atoms with E-state index in [1.807, 2.05) is 56.3 Å². The van der Waals surface area contributed by atoms with Crippen molar-refractivity contribution in [2.24, 2.45) is 0 Å². The topological polar surface area (TPSA) is 73.8 Å². The van der Waals surface area contributed by atoms with Crippen LogP contribution in [0.1, 0.15) is 46.8 Å². The Morgan fingerprint density at radius 3 is 2.57 bits per heavy atom. The quantitative estimate of drug-likeness (QED) is 0.550. The number of hydrogen-bond donors (Lipinski definition) is 0. The van der Waals surface area contributed by atoms with Crippen molar-refractivity contribution in [2.45, 2.75) is 45.4 Å². The second-order valence-electron chi connectivity index (χ2n) is 9.39. The largest absolute Gasteiger partial charge is 0.332 e. The van der Waals surface area contributed by atoms with Gasteiger partial charge >= 0.3 is 0 Å². The van der Waals surface area contributed by atoms with Gasteiger partial charge in [0.25, 0.3) is 5.91 Å². The van der Waals surface area contributed by atoms with Gasteiger partial charge in [0.05, 0.1) is 11.3 Å². The summed E-state index contributed by atoms with van der Waals surface area (Å²) in [7, 11) is 0. The number of nitrogens with zero attached hydrogens (tertiary/aromatic N) is 4. The third-order valence-corrected chi connectivity index (χ3v) is 7.11. The summed E-state index contributed by atoms with van der Waals surface area (Å²) in [5.41, 5.74) is 3.25. The molecule has 0 saturated carbocycles. The van der Waals surface area contributed by atoms with E-state index in [1.165, 1.54) is 0 Å². The van der Waals surface area contributed by atoms with Crippen LogP contribution in [-0.4, -0.2) is 44.7 Å². The smallest absolute Gasteiger partial charge is 0.258 e. The van der Waals surface area contributed by atoms with Crippen molar-refractivity contribution in [1.29, 1.82) is 0 Å². The Kier molecular flexibility index (Phi) is 5.84. The Balaban J connectivity index is 1.47. The summed E-state index contributed by atoms with van der Waals surface area (Å²) in [5.74, 6) is -0.429. The van der Waals surface area contributed by atoms with Crippen LogP contribution in [0.4, 0.5) is 5.69 Å². The first-order valence-electron chi connectivity index (χ1n) is 11.8. The van der Waals surface area contributed by atoms with Crippen molar-refractivity contribution < 1.29 is 14.4 Å². The Labute approximate surface area is 205 Å². The van der Waals surface area contributed by atoms with Gasteiger partial charge in [-0.1, -0.05) is 42.5 Å². The number of aryl methyl sites for hydroxylation is 1. The lowest BCUT2D eigenvalue weighted by atomic mass is 9.98. The predicted octanol–water partition coefficient (Wildman–Crippen LogP) is 3.92. The van der Waals surface area contributed by atoms with Crippen LogP contribution in [0, 0.1) is 6.92 Å². The molecule has 35 heavy (non-hydrogen) atoms. The van der Waals surface area contributed by atoms with E-state index in [0.29, 0.717) is 37.2 Å². The van der Waals surface area contributed by atoms with Gasteiger partial charge in [-0.3, -0.25) is 24.3 Å². The zero-order valence-electron chi connectivity index (χ0n) is 20.0. The lowest BCUT2D eigenvalue weighted by Crippen LogP contribution is -2.64. The maximum atomic E-state index is 13.8. The average Bonchev–Trinajstić information content (AvgIpc) is 3.18. The van der Waals surface area contributed by atoms with E-state index in [2.05, 4.69) is 4.98 Å². The van der Waals surface area contributed by atoms with Gasteiger partial charge < -0.3 is 9.80 Å². The second kappa shape index (κ2) is 8.98. The fraction of sp³-hybridized carbons (Fsp3) is 0.286. The molecule has 0 bridgehead atoms. The molecule has 3 aromatic rings.